The second-order valence-electron chi connectivity index (χ2n) is 3.90. The van der Waals surface area contributed by atoms with Gasteiger partial charge < -0.3 is 15.2 Å². The number of carbonyl (C=O) groups excluding carboxylic acids is 2. The van der Waals surface area contributed by atoms with E-state index in [1.807, 2.05) is 26.0 Å². The molecule has 90 valence electrons. The standard InChI is InChI=1S/C13H15NO3/c1-8-4-5-11(6-9(8)2)14-13(17)10(3)7-12(15)16/h4-7H,1-3H3,(H,14,17)(H,15,16)/p-1. The van der Waals surface area contributed by atoms with E-state index in [-0.39, 0.29) is 5.57 Å². The van der Waals surface area contributed by atoms with Gasteiger partial charge in [0.2, 0.25) is 0 Å². The summed E-state index contributed by atoms with van der Waals surface area (Å²) in [7, 11) is 0. The zero-order valence-corrected chi connectivity index (χ0v) is 10.0. The van der Waals surface area contributed by atoms with Crippen molar-refractivity contribution in [3.8, 4) is 0 Å². The number of hydrogen-bond acceptors (Lipinski definition) is 3. The molecule has 4 heteroatoms. The van der Waals surface area contributed by atoms with Gasteiger partial charge in [-0.3, -0.25) is 4.79 Å². The maximum Gasteiger partial charge on any atom is 0.251 e. The Morgan fingerprint density at radius 2 is 1.88 bits per heavy atom. The molecule has 0 heterocycles. The summed E-state index contributed by atoms with van der Waals surface area (Å²) in [6, 6.07) is 5.49. The number of carbonyl (C=O) groups is 2. The number of aliphatic carboxylic acids is 1. The number of aryl methyl sites for hydroxylation is 2. The molecule has 1 amide bonds. The summed E-state index contributed by atoms with van der Waals surface area (Å²) < 4.78 is 0. The lowest BCUT2D eigenvalue weighted by atomic mass is 10.1. The molecule has 0 saturated carbocycles. The number of benzene rings is 1. The van der Waals surface area contributed by atoms with Gasteiger partial charge in [-0.05, 0) is 50.1 Å². The molecule has 1 N–H and O–H groups in total. The molecule has 1 aromatic carbocycles. The van der Waals surface area contributed by atoms with Crippen LogP contribution in [0.5, 0.6) is 0 Å². The van der Waals surface area contributed by atoms with Crippen molar-refractivity contribution in [3.05, 3.63) is 41.0 Å². The van der Waals surface area contributed by atoms with Crippen LogP contribution in [-0.2, 0) is 9.59 Å². The second-order valence-corrected chi connectivity index (χ2v) is 3.90. The number of hydrogen-bond donors (Lipinski definition) is 1. The number of carboxylic acid groups (broad SMARTS) is 1. The first-order chi connectivity index (χ1) is 7.90. The Bertz CT molecular complexity index is 489. The van der Waals surface area contributed by atoms with Crippen LogP contribution < -0.4 is 10.4 Å². The highest BCUT2D eigenvalue weighted by atomic mass is 16.4. The van der Waals surface area contributed by atoms with Crippen LogP contribution in [0.25, 0.3) is 0 Å². The highest BCUT2D eigenvalue weighted by molar-refractivity contribution is 6.06. The van der Waals surface area contributed by atoms with Crippen LogP contribution in [0.15, 0.2) is 29.8 Å². The molecule has 1 aromatic rings. The highest BCUT2D eigenvalue weighted by Gasteiger charge is 2.05. The van der Waals surface area contributed by atoms with E-state index in [4.69, 9.17) is 0 Å². The number of carboxylic acids is 1. The average Bonchev–Trinajstić information content (AvgIpc) is 2.22. The van der Waals surface area contributed by atoms with E-state index < -0.39 is 11.9 Å². The van der Waals surface area contributed by atoms with Crippen molar-refractivity contribution >= 4 is 17.6 Å². The van der Waals surface area contributed by atoms with Gasteiger partial charge in [-0.1, -0.05) is 6.07 Å². The van der Waals surface area contributed by atoms with Crippen molar-refractivity contribution in [1.29, 1.82) is 0 Å². The van der Waals surface area contributed by atoms with E-state index >= 15 is 0 Å². The summed E-state index contributed by atoms with van der Waals surface area (Å²) >= 11 is 0. The Kier molecular flexibility index (Phi) is 4.04. The third-order valence-corrected chi connectivity index (χ3v) is 2.46. The van der Waals surface area contributed by atoms with Crippen LogP contribution in [0.2, 0.25) is 0 Å². The molecule has 17 heavy (non-hydrogen) atoms. The van der Waals surface area contributed by atoms with Crippen LogP contribution in [0.1, 0.15) is 18.1 Å². The number of amides is 1. The predicted octanol–water partition coefficient (Wildman–Crippen LogP) is 0.938. The van der Waals surface area contributed by atoms with Gasteiger partial charge in [0.25, 0.3) is 5.91 Å². The first kappa shape index (κ1) is 13.0. The van der Waals surface area contributed by atoms with Gasteiger partial charge >= 0.3 is 0 Å². The summed E-state index contributed by atoms with van der Waals surface area (Å²) in [5.74, 6) is -1.82. The van der Waals surface area contributed by atoms with Crippen LogP contribution in [0.4, 0.5) is 5.69 Å². The fourth-order valence-corrected chi connectivity index (χ4v) is 1.29. The summed E-state index contributed by atoms with van der Waals surface area (Å²) in [4.78, 5) is 21.9. The minimum absolute atomic E-state index is 0.100. The molecule has 0 unspecified atom stereocenters. The molecule has 1 rings (SSSR count). The van der Waals surface area contributed by atoms with E-state index in [9.17, 15) is 14.7 Å². The molecule has 0 radical (unpaired) electrons. The lowest BCUT2D eigenvalue weighted by Gasteiger charge is -2.08. The molecule has 0 fully saturated rings. The zero-order valence-electron chi connectivity index (χ0n) is 10.0. The zero-order chi connectivity index (χ0) is 13.0. The monoisotopic (exact) mass is 232 g/mol. The van der Waals surface area contributed by atoms with E-state index in [1.165, 1.54) is 6.92 Å². The summed E-state index contributed by atoms with van der Waals surface area (Å²) in [5.41, 5.74) is 2.93. The van der Waals surface area contributed by atoms with Gasteiger partial charge in [-0.15, -0.1) is 0 Å². The van der Waals surface area contributed by atoms with E-state index in [1.54, 1.807) is 6.07 Å². The second kappa shape index (κ2) is 5.30. The summed E-state index contributed by atoms with van der Waals surface area (Å²) in [5, 5.41) is 12.9. The smallest absolute Gasteiger partial charge is 0.251 e. The Hall–Kier alpha value is -2.10. The molecule has 0 bridgehead atoms. The van der Waals surface area contributed by atoms with Crippen molar-refractivity contribution < 1.29 is 14.7 Å². The molecule has 0 aromatic heterocycles. The van der Waals surface area contributed by atoms with E-state index in [0.29, 0.717) is 5.69 Å². The van der Waals surface area contributed by atoms with Gasteiger partial charge in [-0.2, -0.15) is 0 Å². The molecule has 0 spiro atoms. The Labute approximate surface area is 100.0 Å². The lowest BCUT2D eigenvalue weighted by molar-refractivity contribution is -0.297. The van der Waals surface area contributed by atoms with E-state index in [0.717, 1.165) is 17.2 Å². The minimum atomic E-state index is -1.38. The third-order valence-electron chi connectivity index (χ3n) is 2.46. The Morgan fingerprint density at radius 1 is 1.24 bits per heavy atom. The fourth-order valence-electron chi connectivity index (χ4n) is 1.29. The first-order valence-electron chi connectivity index (χ1n) is 5.18. The van der Waals surface area contributed by atoms with Crippen molar-refractivity contribution in [1.82, 2.24) is 0 Å². The topological polar surface area (TPSA) is 69.2 Å². The highest BCUT2D eigenvalue weighted by Crippen LogP contribution is 2.14. The van der Waals surface area contributed by atoms with Crippen LogP contribution in [0.3, 0.4) is 0 Å². The number of nitrogens with one attached hydrogen (secondary N) is 1. The molecular formula is C13H14NO3-. The van der Waals surface area contributed by atoms with Gasteiger partial charge in [0.1, 0.15) is 0 Å². The molecule has 0 aliphatic heterocycles. The van der Waals surface area contributed by atoms with Gasteiger partial charge in [-0.25, -0.2) is 0 Å². The Morgan fingerprint density at radius 3 is 2.41 bits per heavy atom. The molecule has 0 aliphatic carbocycles. The quantitative estimate of drug-likeness (QED) is 0.788. The summed E-state index contributed by atoms with van der Waals surface area (Å²) in [6.45, 7) is 5.34. The minimum Gasteiger partial charge on any atom is -0.545 e. The van der Waals surface area contributed by atoms with Crippen molar-refractivity contribution in [3.63, 3.8) is 0 Å². The normalized spacial score (nSPS) is 11.1. The summed E-state index contributed by atoms with van der Waals surface area (Å²) in [6.07, 6.45) is 0.774. The number of rotatable bonds is 3. The van der Waals surface area contributed by atoms with E-state index in [2.05, 4.69) is 5.32 Å². The molecule has 0 atom stereocenters. The van der Waals surface area contributed by atoms with Gasteiger partial charge in [0.15, 0.2) is 0 Å². The molecule has 0 aliphatic rings. The number of anilines is 1. The lowest BCUT2D eigenvalue weighted by Crippen LogP contribution is -2.22. The van der Waals surface area contributed by atoms with Crippen molar-refractivity contribution in [2.24, 2.45) is 0 Å². The molecular weight excluding hydrogens is 218 g/mol. The predicted molar refractivity (Wildman–Crippen MR) is 63.3 cm³/mol. The van der Waals surface area contributed by atoms with Gasteiger partial charge in [0.05, 0.1) is 5.97 Å². The van der Waals surface area contributed by atoms with Crippen LogP contribution in [-0.4, -0.2) is 11.9 Å². The third kappa shape index (κ3) is 3.75. The van der Waals surface area contributed by atoms with Crippen molar-refractivity contribution in [2.45, 2.75) is 20.8 Å². The average molecular weight is 232 g/mol. The van der Waals surface area contributed by atoms with Crippen LogP contribution in [0, 0.1) is 13.8 Å². The van der Waals surface area contributed by atoms with Crippen LogP contribution >= 0.6 is 0 Å². The SMILES string of the molecule is CC(=CC(=O)[O-])C(=O)Nc1ccc(C)c(C)c1. The maximum atomic E-state index is 11.6. The van der Waals surface area contributed by atoms with Crippen molar-refractivity contribution in [2.75, 3.05) is 5.32 Å². The molecule has 0 saturated heterocycles. The first-order valence-corrected chi connectivity index (χ1v) is 5.18. The Balaban J connectivity index is 2.81. The fraction of sp³-hybridized carbons (Fsp3) is 0.231. The largest absolute Gasteiger partial charge is 0.545 e. The molecule has 4 nitrogen and oxygen atoms in total. The maximum absolute atomic E-state index is 11.6. The van der Waals surface area contributed by atoms with Gasteiger partial charge in [0, 0.05) is 11.3 Å².